The van der Waals surface area contributed by atoms with E-state index in [1.165, 1.54) is 12.8 Å². The van der Waals surface area contributed by atoms with Crippen molar-refractivity contribution in [2.45, 2.75) is 19.8 Å². The summed E-state index contributed by atoms with van der Waals surface area (Å²) in [4.78, 5) is 0. The molecule has 1 fully saturated rings. The molecule has 3 heteroatoms. The summed E-state index contributed by atoms with van der Waals surface area (Å²) in [6.45, 7) is 1.92. The Morgan fingerprint density at radius 3 is 2.88 bits per heavy atom. The molecule has 0 saturated heterocycles. The maximum atomic E-state index is 8.66. The molecule has 1 saturated carbocycles. The lowest BCUT2D eigenvalue weighted by atomic mass is 10.0. The van der Waals surface area contributed by atoms with Crippen molar-refractivity contribution in [3.63, 3.8) is 0 Å². The lowest BCUT2D eigenvalue weighted by Gasteiger charge is -2.03. The van der Waals surface area contributed by atoms with E-state index in [1.807, 2.05) is 25.1 Å². The third-order valence-electron chi connectivity index (χ3n) is 2.62. The molecule has 3 nitrogen and oxygen atoms in total. The normalized spacial score (nSPS) is 15.4. The summed E-state index contributed by atoms with van der Waals surface area (Å²) in [5.41, 5.74) is 8.22. The van der Waals surface area contributed by atoms with Crippen LogP contribution in [0.2, 0.25) is 0 Å². The molecule has 3 N–H and O–H groups in total. The molecule has 1 aliphatic rings. The summed E-state index contributed by atoms with van der Waals surface area (Å²) < 4.78 is 0. The van der Waals surface area contributed by atoms with Gasteiger partial charge in [-0.1, -0.05) is 23.1 Å². The zero-order valence-electron chi connectivity index (χ0n) is 9.20. The van der Waals surface area contributed by atoms with Crippen LogP contribution < -0.4 is 5.73 Å². The fourth-order valence-electron chi connectivity index (χ4n) is 1.44. The first-order chi connectivity index (χ1) is 7.70. The predicted octanol–water partition coefficient (Wildman–Crippen LogP) is 1.85. The van der Waals surface area contributed by atoms with Crippen molar-refractivity contribution < 1.29 is 5.21 Å². The van der Waals surface area contributed by atoms with E-state index in [1.54, 1.807) is 0 Å². The summed E-state index contributed by atoms with van der Waals surface area (Å²) in [7, 11) is 0. The Labute approximate surface area is 95.0 Å². The zero-order valence-corrected chi connectivity index (χ0v) is 9.20. The Morgan fingerprint density at radius 2 is 2.25 bits per heavy atom. The molecule has 0 aliphatic heterocycles. The van der Waals surface area contributed by atoms with Crippen LogP contribution in [0, 0.1) is 24.7 Å². The minimum atomic E-state index is 0.132. The van der Waals surface area contributed by atoms with Gasteiger partial charge in [0.1, 0.15) is 0 Å². The third kappa shape index (κ3) is 2.34. The van der Waals surface area contributed by atoms with E-state index in [9.17, 15) is 0 Å². The molecule has 0 bridgehead atoms. The van der Waals surface area contributed by atoms with Gasteiger partial charge < -0.3 is 10.9 Å². The van der Waals surface area contributed by atoms with Crippen LogP contribution in [0.3, 0.4) is 0 Å². The van der Waals surface area contributed by atoms with Gasteiger partial charge in [-0.25, -0.2) is 0 Å². The average molecular weight is 214 g/mol. The Hall–Kier alpha value is -1.95. The molecule has 0 atom stereocenters. The van der Waals surface area contributed by atoms with Crippen LogP contribution >= 0.6 is 0 Å². The van der Waals surface area contributed by atoms with Crippen LogP contribution in [0.1, 0.15) is 29.5 Å². The second-order valence-corrected chi connectivity index (χ2v) is 4.06. The lowest BCUT2D eigenvalue weighted by molar-refractivity contribution is 0.318. The molecular formula is C13H14N2O. The maximum Gasteiger partial charge on any atom is 0.170 e. The molecule has 0 radical (unpaired) electrons. The van der Waals surface area contributed by atoms with E-state index in [0.717, 1.165) is 16.7 Å². The topological polar surface area (TPSA) is 58.6 Å². The minimum absolute atomic E-state index is 0.132. The molecule has 0 amide bonds. The summed E-state index contributed by atoms with van der Waals surface area (Å²) in [6.07, 6.45) is 2.43. The number of amidine groups is 1. The first-order valence-corrected chi connectivity index (χ1v) is 5.31. The molecule has 0 spiro atoms. The number of aryl methyl sites for hydroxylation is 1. The lowest BCUT2D eigenvalue weighted by Crippen LogP contribution is -2.14. The number of hydrogen-bond acceptors (Lipinski definition) is 2. The highest BCUT2D eigenvalue weighted by molar-refractivity contribution is 5.98. The fourth-order valence-corrected chi connectivity index (χ4v) is 1.44. The molecule has 82 valence electrons. The monoisotopic (exact) mass is 214 g/mol. The second kappa shape index (κ2) is 4.28. The Balaban J connectivity index is 2.32. The smallest absolute Gasteiger partial charge is 0.170 e. The number of rotatable bonds is 1. The standard InChI is InChI=1S/C13H14N2O/c1-9-2-3-11(7-6-10-4-5-10)8-12(9)13(14)15-16/h2-3,8,10,16H,4-5H2,1H3,(H2,14,15). The van der Waals surface area contributed by atoms with E-state index in [2.05, 4.69) is 17.0 Å². The molecular weight excluding hydrogens is 200 g/mol. The van der Waals surface area contributed by atoms with Crippen molar-refractivity contribution in [2.75, 3.05) is 0 Å². The number of benzene rings is 1. The van der Waals surface area contributed by atoms with Crippen LogP contribution in [-0.4, -0.2) is 11.0 Å². The number of nitrogens with two attached hydrogens (primary N) is 1. The van der Waals surface area contributed by atoms with E-state index in [-0.39, 0.29) is 5.84 Å². The van der Waals surface area contributed by atoms with E-state index >= 15 is 0 Å². The SMILES string of the molecule is Cc1ccc(C#CC2CC2)cc1/C(N)=N/O. The highest BCUT2D eigenvalue weighted by Gasteiger charge is 2.17. The van der Waals surface area contributed by atoms with Gasteiger partial charge in [0.25, 0.3) is 0 Å². The molecule has 1 aromatic carbocycles. The summed E-state index contributed by atoms with van der Waals surface area (Å²) in [6, 6.07) is 5.75. The number of nitrogens with zero attached hydrogens (tertiary/aromatic N) is 1. The van der Waals surface area contributed by atoms with Crippen LogP contribution in [-0.2, 0) is 0 Å². The quantitative estimate of drug-likeness (QED) is 0.246. The van der Waals surface area contributed by atoms with Crippen molar-refractivity contribution in [1.82, 2.24) is 0 Å². The van der Waals surface area contributed by atoms with Gasteiger partial charge in [-0.05, 0) is 37.5 Å². The van der Waals surface area contributed by atoms with Crippen LogP contribution in [0.25, 0.3) is 0 Å². The summed E-state index contributed by atoms with van der Waals surface area (Å²) in [5.74, 6) is 7.00. The van der Waals surface area contributed by atoms with Crippen molar-refractivity contribution in [1.29, 1.82) is 0 Å². The second-order valence-electron chi connectivity index (χ2n) is 4.06. The molecule has 1 aromatic rings. The zero-order chi connectivity index (χ0) is 11.5. The Bertz CT molecular complexity index is 490. The Morgan fingerprint density at radius 1 is 1.50 bits per heavy atom. The van der Waals surface area contributed by atoms with Crippen molar-refractivity contribution in [3.8, 4) is 11.8 Å². The minimum Gasteiger partial charge on any atom is -0.409 e. The van der Waals surface area contributed by atoms with E-state index < -0.39 is 0 Å². The average Bonchev–Trinajstić information content (AvgIpc) is 3.11. The predicted molar refractivity (Wildman–Crippen MR) is 63.3 cm³/mol. The summed E-state index contributed by atoms with van der Waals surface area (Å²) >= 11 is 0. The number of oxime groups is 1. The van der Waals surface area contributed by atoms with Crippen molar-refractivity contribution in [3.05, 3.63) is 34.9 Å². The summed E-state index contributed by atoms with van der Waals surface area (Å²) in [5, 5.41) is 11.7. The highest BCUT2D eigenvalue weighted by Crippen LogP contribution is 2.27. The number of hydrogen-bond donors (Lipinski definition) is 2. The molecule has 16 heavy (non-hydrogen) atoms. The van der Waals surface area contributed by atoms with Crippen LogP contribution in [0.15, 0.2) is 23.4 Å². The van der Waals surface area contributed by atoms with Gasteiger partial charge in [-0.3, -0.25) is 0 Å². The van der Waals surface area contributed by atoms with Gasteiger partial charge >= 0.3 is 0 Å². The van der Waals surface area contributed by atoms with Crippen LogP contribution in [0.4, 0.5) is 0 Å². The molecule has 0 heterocycles. The van der Waals surface area contributed by atoms with Gasteiger partial charge in [-0.2, -0.15) is 0 Å². The van der Waals surface area contributed by atoms with Crippen molar-refractivity contribution in [2.24, 2.45) is 16.8 Å². The first kappa shape index (κ1) is 10.6. The van der Waals surface area contributed by atoms with Gasteiger partial charge in [0.05, 0.1) is 0 Å². The van der Waals surface area contributed by atoms with Crippen LogP contribution in [0.5, 0.6) is 0 Å². The van der Waals surface area contributed by atoms with Crippen molar-refractivity contribution >= 4 is 5.84 Å². The van der Waals surface area contributed by atoms with Gasteiger partial charge in [-0.15, -0.1) is 0 Å². The molecule has 2 rings (SSSR count). The molecule has 0 aromatic heterocycles. The first-order valence-electron chi connectivity index (χ1n) is 5.31. The maximum absolute atomic E-state index is 8.66. The fraction of sp³-hybridized carbons (Fsp3) is 0.308. The van der Waals surface area contributed by atoms with Gasteiger partial charge in [0.15, 0.2) is 5.84 Å². The Kier molecular flexibility index (Phi) is 2.82. The van der Waals surface area contributed by atoms with Gasteiger partial charge in [0.2, 0.25) is 0 Å². The third-order valence-corrected chi connectivity index (χ3v) is 2.62. The largest absolute Gasteiger partial charge is 0.409 e. The molecule has 1 aliphatic carbocycles. The molecule has 0 unspecified atom stereocenters. The van der Waals surface area contributed by atoms with Gasteiger partial charge in [0, 0.05) is 17.0 Å². The van der Waals surface area contributed by atoms with E-state index in [0.29, 0.717) is 5.92 Å². The highest BCUT2D eigenvalue weighted by atomic mass is 16.4. The van der Waals surface area contributed by atoms with E-state index in [4.69, 9.17) is 10.9 Å².